The first-order valence-electron chi connectivity index (χ1n) is 3.38. The Labute approximate surface area is 60.6 Å². The van der Waals surface area contributed by atoms with Gasteiger partial charge in [0.15, 0.2) is 0 Å². The van der Waals surface area contributed by atoms with Crippen molar-refractivity contribution in [1.82, 2.24) is 4.90 Å². The summed E-state index contributed by atoms with van der Waals surface area (Å²) in [4.78, 5) is 2.19. The molecular formula is C9H9N. The lowest BCUT2D eigenvalue weighted by atomic mass is 10.2. The molecule has 0 aromatic heterocycles. The summed E-state index contributed by atoms with van der Waals surface area (Å²) in [6.07, 6.45) is 10.4. The van der Waals surface area contributed by atoms with Crippen LogP contribution < -0.4 is 0 Å². The van der Waals surface area contributed by atoms with E-state index in [0.29, 0.717) is 0 Å². The fourth-order valence-electron chi connectivity index (χ4n) is 1.19. The standard InChI is InChI=1S/C9H9N/c1-8-4-6-10-5-2-3-9(10)7-8/h2-4,6-7H,1,5H2. The number of fused-ring (bicyclic) bond motifs is 1. The van der Waals surface area contributed by atoms with E-state index in [1.165, 1.54) is 5.70 Å². The predicted molar refractivity (Wildman–Crippen MR) is 42.2 cm³/mol. The average molecular weight is 131 g/mol. The lowest BCUT2D eigenvalue weighted by Gasteiger charge is -2.17. The van der Waals surface area contributed by atoms with Gasteiger partial charge < -0.3 is 4.90 Å². The molecular weight excluding hydrogens is 122 g/mol. The van der Waals surface area contributed by atoms with Crippen LogP contribution in [-0.4, -0.2) is 11.4 Å². The van der Waals surface area contributed by atoms with Crippen molar-refractivity contribution in [3.05, 3.63) is 48.4 Å². The highest BCUT2D eigenvalue weighted by molar-refractivity contribution is 5.41. The molecule has 2 aliphatic heterocycles. The molecule has 0 bridgehead atoms. The molecule has 0 aromatic rings. The van der Waals surface area contributed by atoms with Crippen LogP contribution in [-0.2, 0) is 0 Å². The van der Waals surface area contributed by atoms with Crippen LogP contribution >= 0.6 is 0 Å². The summed E-state index contributed by atoms with van der Waals surface area (Å²) >= 11 is 0. The van der Waals surface area contributed by atoms with E-state index in [1.807, 2.05) is 6.08 Å². The van der Waals surface area contributed by atoms with Gasteiger partial charge in [0.25, 0.3) is 0 Å². The molecule has 0 aromatic carbocycles. The summed E-state index contributed by atoms with van der Waals surface area (Å²) in [5.74, 6) is 0. The molecule has 0 saturated carbocycles. The monoisotopic (exact) mass is 131 g/mol. The maximum absolute atomic E-state index is 3.85. The van der Waals surface area contributed by atoms with Crippen molar-refractivity contribution >= 4 is 0 Å². The van der Waals surface area contributed by atoms with Gasteiger partial charge in [0.1, 0.15) is 0 Å². The van der Waals surface area contributed by atoms with Crippen molar-refractivity contribution in [3.8, 4) is 0 Å². The summed E-state index contributed by atoms with van der Waals surface area (Å²) in [6.45, 7) is 4.86. The molecule has 0 aliphatic carbocycles. The van der Waals surface area contributed by atoms with Crippen LogP contribution in [0.5, 0.6) is 0 Å². The second-order valence-electron chi connectivity index (χ2n) is 2.51. The fraction of sp³-hybridized carbons (Fsp3) is 0.111. The third-order valence-corrected chi connectivity index (χ3v) is 1.72. The van der Waals surface area contributed by atoms with Crippen LogP contribution in [0.1, 0.15) is 0 Å². The Morgan fingerprint density at radius 3 is 3.20 bits per heavy atom. The Bertz CT molecular complexity index is 256. The van der Waals surface area contributed by atoms with E-state index in [-0.39, 0.29) is 0 Å². The summed E-state index contributed by atoms with van der Waals surface area (Å²) in [5, 5.41) is 0. The molecule has 0 spiro atoms. The van der Waals surface area contributed by atoms with Crippen LogP contribution in [0.25, 0.3) is 0 Å². The fourth-order valence-corrected chi connectivity index (χ4v) is 1.19. The minimum Gasteiger partial charge on any atom is -0.344 e. The molecule has 2 heterocycles. The largest absolute Gasteiger partial charge is 0.344 e. The lowest BCUT2D eigenvalue weighted by molar-refractivity contribution is 0.551. The minimum absolute atomic E-state index is 1.01. The van der Waals surface area contributed by atoms with Gasteiger partial charge in [-0.15, -0.1) is 0 Å². The van der Waals surface area contributed by atoms with Gasteiger partial charge in [-0.05, 0) is 23.8 Å². The molecule has 0 unspecified atom stereocenters. The molecule has 0 N–H and O–H groups in total. The molecule has 10 heavy (non-hydrogen) atoms. The predicted octanol–water partition coefficient (Wildman–Crippen LogP) is 1.83. The number of nitrogens with zero attached hydrogens (tertiary/aromatic N) is 1. The number of hydrogen-bond donors (Lipinski definition) is 0. The van der Waals surface area contributed by atoms with Gasteiger partial charge >= 0.3 is 0 Å². The molecule has 0 fully saturated rings. The molecule has 0 radical (unpaired) electrons. The third-order valence-electron chi connectivity index (χ3n) is 1.72. The highest BCUT2D eigenvalue weighted by Gasteiger charge is 2.10. The average Bonchev–Trinajstić information content (AvgIpc) is 2.33. The number of allylic oxidation sites excluding steroid dienone is 4. The Morgan fingerprint density at radius 2 is 2.30 bits per heavy atom. The van der Waals surface area contributed by atoms with Gasteiger partial charge in [0, 0.05) is 18.4 Å². The normalized spacial score (nSPS) is 21.4. The van der Waals surface area contributed by atoms with Gasteiger partial charge in [-0.1, -0.05) is 12.7 Å². The maximum Gasteiger partial charge on any atom is 0.0412 e. The van der Waals surface area contributed by atoms with E-state index in [0.717, 1.165) is 12.1 Å². The van der Waals surface area contributed by atoms with Crippen LogP contribution in [0.4, 0.5) is 0 Å². The first-order valence-corrected chi connectivity index (χ1v) is 3.38. The lowest BCUT2D eigenvalue weighted by Crippen LogP contribution is -2.12. The molecule has 2 rings (SSSR count). The van der Waals surface area contributed by atoms with Gasteiger partial charge in [0.05, 0.1) is 0 Å². The highest BCUT2D eigenvalue weighted by Crippen LogP contribution is 2.20. The Morgan fingerprint density at radius 1 is 1.40 bits per heavy atom. The first-order chi connectivity index (χ1) is 4.86. The van der Waals surface area contributed by atoms with Gasteiger partial charge in [0.2, 0.25) is 0 Å². The van der Waals surface area contributed by atoms with E-state index in [4.69, 9.17) is 0 Å². The molecule has 0 saturated heterocycles. The van der Waals surface area contributed by atoms with E-state index in [1.54, 1.807) is 0 Å². The van der Waals surface area contributed by atoms with Gasteiger partial charge in [-0.3, -0.25) is 0 Å². The summed E-state index contributed by atoms with van der Waals surface area (Å²) in [5.41, 5.74) is 2.34. The topological polar surface area (TPSA) is 3.24 Å². The highest BCUT2D eigenvalue weighted by atomic mass is 15.1. The maximum atomic E-state index is 3.85. The van der Waals surface area contributed by atoms with E-state index < -0.39 is 0 Å². The van der Waals surface area contributed by atoms with Gasteiger partial charge in [-0.25, -0.2) is 0 Å². The SMILES string of the molecule is C=C1C=CN2CC=CC2=C1. The van der Waals surface area contributed by atoms with Crippen LogP contribution in [0.3, 0.4) is 0 Å². The molecule has 0 atom stereocenters. The molecule has 2 aliphatic rings. The zero-order valence-corrected chi connectivity index (χ0v) is 5.75. The molecule has 50 valence electrons. The van der Waals surface area contributed by atoms with Crippen LogP contribution in [0.15, 0.2) is 48.4 Å². The molecule has 1 nitrogen and oxygen atoms in total. The first kappa shape index (κ1) is 5.54. The molecule has 1 heteroatoms. The summed E-state index contributed by atoms with van der Waals surface area (Å²) < 4.78 is 0. The summed E-state index contributed by atoms with van der Waals surface area (Å²) in [6, 6.07) is 0. The van der Waals surface area contributed by atoms with Crippen molar-refractivity contribution in [1.29, 1.82) is 0 Å². The number of hydrogen-bond acceptors (Lipinski definition) is 1. The van der Waals surface area contributed by atoms with Crippen molar-refractivity contribution in [2.45, 2.75) is 0 Å². The zero-order valence-electron chi connectivity index (χ0n) is 5.75. The van der Waals surface area contributed by atoms with Crippen LogP contribution in [0, 0.1) is 0 Å². The Hall–Kier alpha value is -1.24. The van der Waals surface area contributed by atoms with E-state index >= 15 is 0 Å². The van der Waals surface area contributed by atoms with Crippen molar-refractivity contribution in [3.63, 3.8) is 0 Å². The second kappa shape index (κ2) is 1.87. The second-order valence-corrected chi connectivity index (χ2v) is 2.51. The zero-order chi connectivity index (χ0) is 6.97. The molecule has 0 amide bonds. The smallest absolute Gasteiger partial charge is 0.0412 e. The summed E-state index contributed by atoms with van der Waals surface area (Å²) in [7, 11) is 0. The quantitative estimate of drug-likeness (QED) is 0.484. The van der Waals surface area contributed by atoms with Crippen molar-refractivity contribution < 1.29 is 0 Å². The Balaban J connectivity index is 2.37. The third kappa shape index (κ3) is 0.711. The van der Waals surface area contributed by atoms with Crippen molar-refractivity contribution in [2.75, 3.05) is 6.54 Å². The number of rotatable bonds is 0. The minimum atomic E-state index is 1.01. The Kier molecular flexibility index (Phi) is 1.04. The van der Waals surface area contributed by atoms with E-state index in [9.17, 15) is 0 Å². The van der Waals surface area contributed by atoms with E-state index in [2.05, 4.69) is 35.9 Å². The van der Waals surface area contributed by atoms with Crippen LogP contribution in [0.2, 0.25) is 0 Å². The van der Waals surface area contributed by atoms with Gasteiger partial charge in [-0.2, -0.15) is 0 Å². The van der Waals surface area contributed by atoms with Crippen molar-refractivity contribution in [2.24, 2.45) is 0 Å².